The third-order valence-electron chi connectivity index (χ3n) is 2.82. The topological polar surface area (TPSA) is 64.9 Å². The van der Waals surface area contributed by atoms with E-state index in [1.165, 1.54) is 17.8 Å². The number of hydrogen-bond donors (Lipinski definition) is 1. The molecule has 0 radical (unpaired) electrons. The average Bonchev–Trinajstić information content (AvgIpc) is 2.96. The number of aromatic nitrogens is 2. The summed E-state index contributed by atoms with van der Waals surface area (Å²) >= 11 is 1.33. The Hall–Kier alpha value is -2.34. The Morgan fingerprint density at radius 3 is 2.62 bits per heavy atom. The number of benzene rings is 2. The summed E-state index contributed by atoms with van der Waals surface area (Å²) in [5, 5.41) is 3.90. The number of anilines is 1. The average molecular weight is 301 g/mol. The molecule has 21 heavy (non-hydrogen) atoms. The molecule has 0 aliphatic rings. The van der Waals surface area contributed by atoms with Crippen molar-refractivity contribution in [2.75, 3.05) is 5.73 Å². The van der Waals surface area contributed by atoms with E-state index in [9.17, 15) is 4.39 Å². The zero-order valence-electron chi connectivity index (χ0n) is 11.0. The second-order valence-electron chi connectivity index (χ2n) is 4.36. The molecule has 0 spiro atoms. The van der Waals surface area contributed by atoms with Gasteiger partial charge in [0, 0.05) is 16.1 Å². The Morgan fingerprint density at radius 2 is 1.86 bits per heavy atom. The molecule has 0 amide bonds. The van der Waals surface area contributed by atoms with E-state index >= 15 is 0 Å². The predicted octanol–water partition coefficient (Wildman–Crippen LogP) is 3.75. The van der Waals surface area contributed by atoms with E-state index in [1.807, 2.05) is 12.1 Å². The van der Waals surface area contributed by atoms with Crippen LogP contribution in [0.2, 0.25) is 0 Å². The second-order valence-corrected chi connectivity index (χ2v) is 5.37. The lowest BCUT2D eigenvalue weighted by molar-refractivity contribution is 0.425. The van der Waals surface area contributed by atoms with Crippen molar-refractivity contribution in [3.8, 4) is 11.5 Å². The van der Waals surface area contributed by atoms with Crippen molar-refractivity contribution in [1.82, 2.24) is 10.1 Å². The molecule has 3 rings (SSSR count). The standard InChI is InChI=1S/C15H12FN3OS/c16-12-3-1-2-4-13(12)21-9-14-18-15(20-19-14)10-5-7-11(17)8-6-10/h1-8H,9,17H2. The highest BCUT2D eigenvalue weighted by Gasteiger charge is 2.10. The van der Waals surface area contributed by atoms with Crippen LogP contribution in [-0.4, -0.2) is 10.1 Å². The van der Waals surface area contributed by atoms with Crippen LogP contribution >= 0.6 is 11.8 Å². The van der Waals surface area contributed by atoms with E-state index in [-0.39, 0.29) is 5.82 Å². The fraction of sp³-hybridized carbons (Fsp3) is 0.0667. The first kappa shape index (κ1) is 13.6. The highest BCUT2D eigenvalue weighted by Crippen LogP contribution is 2.25. The summed E-state index contributed by atoms with van der Waals surface area (Å²) < 4.78 is 18.7. The molecule has 0 fully saturated rings. The van der Waals surface area contributed by atoms with Crippen LogP contribution < -0.4 is 5.73 Å². The molecule has 2 aromatic carbocycles. The number of halogens is 1. The first-order valence-electron chi connectivity index (χ1n) is 6.28. The van der Waals surface area contributed by atoms with Gasteiger partial charge in [0.15, 0.2) is 5.82 Å². The van der Waals surface area contributed by atoms with Gasteiger partial charge in [-0.25, -0.2) is 4.39 Å². The van der Waals surface area contributed by atoms with Gasteiger partial charge >= 0.3 is 0 Å². The second kappa shape index (κ2) is 5.97. The van der Waals surface area contributed by atoms with Crippen molar-refractivity contribution in [3.05, 3.63) is 60.2 Å². The number of thioether (sulfide) groups is 1. The van der Waals surface area contributed by atoms with Gasteiger partial charge in [0.1, 0.15) is 5.82 Å². The summed E-state index contributed by atoms with van der Waals surface area (Å²) in [6.07, 6.45) is 0. The van der Waals surface area contributed by atoms with E-state index in [2.05, 4.69) is 10.1 Å². The largest absolute Gasteiger partial charge is 0.399 e. The summed E-state index contributed by atoms with van der Waals surface area (Å²) in [6, 6.07) is 13.8. The summed E-state index contributed by atoms with van der Waals surface area (Å²) in [6.45, 7) is 0. The SMILES string of the molecule is Nc1ccc(-c2nc(CSc3ccccc3F)no2)cc1. The van der Waals surface area contributed by atoms with Crippen molar-refractivity contribution in [3.63, 3.8) is 0 Å². The normalized spacial score (nSPS) is 10.7. The first-order valence-corrected chi connectivity index (χ1v) is 7.27. The van der Waals surface area contributed by atoms with Gasteiger partial charge in [0.2, 0.25) is 0 Å². The van der Waals surface area contributed by atoms with E-state index < -0.39 is 0 Å². The number of nitrogens with zero attached hydrogens (tertiary/aromatic N) is 2. The number of nitrogens with two attached hydrogens (primary N) is 1. The molecule has 0 atom stereocenters. The maximum Gasteiger partial charge on any atom is 0.257 e. The fourth-order valence-electron chi connectivity index (χ4n) is 1.76. The molecule has 0 saturated heterocycles. The fourth-order valence-corrected chi connectivity index (χ4v) is 2.54. The predicted molar refractivity (Wildman–Crippen MR) is 80.1 cm³/mol. The molecule has 106 valence electrons. The van der Waals surface area contributed by atoms with Crippen molar-refractivity contribution in [1.29, 1.82) is 0 Å². The maximum absolute atomic E-state index is 13.5. The molecule has 3 aromatic rings. The number of hydrogen-bond acceptors (Lipinski definition) is 5. The Morgan fingerprint density at radius 1 is 1.10 bits per heavy atom. The van der Waals surface area contributed by atoms with E-state index in [4.69, 9.17) is 10.3 Å². The van der Waals surface area contributed by atoms with Crippen LogP contribution in [0.1, 0.15) is 5.82 Å². The van der Waals surface area contributed by atoms with Gasteiger partial charge in [-0.1, -0.05) is 17.3 Å². The Balaban J connectivity index is 1.71. The van der Waals surface area contributed by atoms with Gasteiger partial charge in [0.25, 0.3) is 5.89 Å². The smallest absolute Gasteiger partial charge is 0.257 e. The van der Waals surface area contributed by atoms with E-state index in [0.29, 0.717) is 28.1 Å². The molecule has 2 N–H and O–H groups in total. The van der Waals surface area contributed by atoms with Crippen molar-refractivity contribution in [2.24, 2.45) is 0 Å². The van der Waals surface area contributed by atoms with Crippen LogP contribution in [0.3, 0.4) is 0 Å². The van der Waals surface area contributed by atoms with Gasteiger partial charge in [-0.3, -0.25) is 0 Å². The number of rotatable bonds is 4. The zero-order valence-corrected chi connectivity index (χ0v) is 11.8. The Labute approximate surface area is 125 Å². The molecule has 0 bridgehead atoms. The number of nitrogen functional groups attached to an aromatic ring is 1. The minimum Gasteiger partial charge on any atom is -0.399 e. The molecule has 1 heterocycles. The van der Waals surface area contributed by atoms with Gasteiger partial charge in [-0.15, -0.1) is 11.8 Å². The minimum atomic E-state index is -0.246. The van der Waals surface area contributed by atoms with Gasteiger partial charge < -0.3 is 10.3 Å². The van der Waals surface area contributed by atoms with E-state index in [0.717, 1.165) is 5.56 Å². The summed E-state index contributed by atoms with van der Waals surface area (Å²) in [5.74, 6) is 1.15. The molecule has 6 heteroatoms. The third-order valence-corrected chi connectivity index (χ3v) is 3.86. The Kier molecular flexibility index (Phi) is 3.87. The Bertz CT molecular complexity index is 743. The zero-order chi connectivity index (χ0) is 14.7. The minimum absolute atomic E-state index is 0.246. The van der Waals surface area contributed by atoms with Gasteiger partial charge in [-0.05, 0) is 36.4 Å². The van der Waals surface area contributed by atoms with Crippen LogP contribution in [0.15, 0.2) is 57.9 Å². The molecular formula is C15H12FN3OS. The van der Waals surface area contributed by atoms with Crippen LogP contribution in [0.25, 0.3) is 11.5 Å². The first-order chi connectivity index (χ1) is 10.2. The monoisotopic (exact) mass is 301 g/mol. The lowest BCUT2D eigenvalue weighted by Gasteiger charge is -1.99. The third kappa shape index (κ3) is 3.22. The van der Waals surface area contributed by atoms with Crippen LogP contribution in [-0.2, 0) is 5.75 Å². The van der Waals surface area contributed by atoms with Crippen molar-refractivity contribution < 1.29 is 8.91 Å². The molecule has 0 saturated carbocycles. The molecule has 1 aromatic heterocycles. The van der Waals surface area contributed by atoms with Crippen molar-refractivity contribution >= 4 is 17.4 Å². The van der Waals surface area contributed by atoms with Crippen molar-refractivity contribution in [2.45, 2.75) is 10.6 Å². The molecule has 4 nitrogen and oxygen atoms in total. The van der Waals surface area contributed by atoms with Crippen LogP contribution in [0.4, 0.5) is 10.1 Å². The summed E-state index contributed by atoms with van der Waals surface area (Å²) in [5.41, 5.74) is 7.11. The van der Waals surface area contributed by atoms with E-state index in [1.54, 1.807) is 30.3 Å². The molecular weight excluding hydrogens is 289 g/mol. The summed E-state index contributed by atoms with van der Waals surface area (Å²) in [4.78, 5) is 4.86. The van der Waals surface area contributed by atoms with Crippen LogP contribution in [0, 0.1) is 5.82 Å². The van der Waals surface area contributed by atoms with Gasteiger partial charge in [-0.2, -0.15) is 4.98 Å². The quantitative estimate of drug-likeness (QED) is 0.587. The lowest BCUT2D eigenvalue weighted by atomic mass is 10.2. The van der Waals surface area contributed by atoms with Crippen LogP contribution in [0.5, 0.6) is 0 Å². The lowest BCUT2D eigenvalue weighted by Crippen LogP contribution is -1.87. The van der Waals surface area contributed by atoms with Gasteiger partial charge in [0.05, 0.1) is 5.75 Å². The molecule has 0 aliphatic carbocycles. The highest BCUT2D eigenvalue weighted by molar-refractivity contribution is 7.98. The molecule has 0 unspecified atom stereocenters. The highest BCUT2D eigenvalue weighted by atomic mass is 32.2. The summed E-state index contributed by atoms with van der Waals surface area (Å²) in [7, 11) is 0. The molecule has 0 aliphatic heterocycles. The maximum atomic E-state index is 13.5.